The predicted molar refractivity (Wildman–Crippen MR) is 79.3 cm³/mol. The molecule has 3 rings (SSSR count). The zero-order valence-corrected chi connectivity index (χ0v) is 12.4. The summed E-state index contributed by atoms with van der Waals surface area (Å²) in [5.41, 5.74) is 4.25. The minimum absolute atomic E-state index is 0.365. The van der Waals surface area contributed by atoms with E-state index in [0.717, 1.165) is 60.9 Å². The highest BCUT2D eigenvalue weighted by atomic mass is 16.5. The molecule has 1 aliphatic heterocycles. The molecule has 5 nitrogen and oxygen atoms in total. The third-order valence-corrected chi connectivity index (χ3v) is 3.98. The van der Waals surface area contributed by atoms with Crippen LogP contribution in [0, 0.1) is 13.8 Å². The number of nitrogens with one attached hydrogen (secondary N) is 1. The number of anilines is 1. The van der Waals surface area contributed by atoms with Gasteiger partial charge in [0.05, 0.1) is 18.3 Å². The molecule has 108 valence electrons. The third kappa shape index (κ3) is 2.38. The van der Waals surface area contributed by atoms with E-state index in [2.05, 4.69) is 30.3 Å². The van der Waals surface area contributed by atoms with Gasteiger partial charge < -0.3 is 10.1 Å². The van der Waals surface area contributed by atoms with Crippen LogP contribution in [0.1, 0.15) is 36.7 Å². The van der Waals surface area contributed by atoms with Crippen LogP contribution in [-0.4, -0.2) is 33.9 Å². The summed E-state index contributed by atoms with van der Waals surface area (Å²) in [6.07, 6.45) is 3.18. The van der Waals surface area contributed by atoms with E-state index in [0.29, 0.717) is 6.04 Å². The largest absolute Gasteiger partial charge is 0.379 e. The highest BCUT2D eigenvalue weighted by Crippen LogP contribution is 2.20. The van der Waals surface area contributed by atoms with Crippen molar-refractivity contribution in [2.24, 2.45) is 0 Å². The molecule has 20 heavy (non-hydrogen) atoms. The van der Waals surface area contributed by atoms with E-state index < -0.39 is 0 Å². The molecule has 0 spiro atoms. The summed E-state index contributed by atoms with van der Waals surface area (Å²) in [5.74, 6) is 1.03. The van der Waals surface area contributed by atoms with Gasteiger partial charge >= 0.3 is 0 Å². The Morgan fingerprint density at radius 3 is 3.00 bits per heavy atom. The molecule has 0 radical (unpaired) electrons. The molecule has 1 saturated heterocycles. The fourth-order valence-electron chi connectivity index (χ4n) is 2.63. The van der Waals surface area contributed by atoms with Gasteiger partial charge in [0, 0.05) is 23.9 Å². The quantitative estimate of drug-likeness (QED) is 0.934. The van der Waals surface area contributed by atoms with Crippen molar-refractivity contribution < 1.29 is 4.74 Å². The number of hydrogen-bond donors (Lipinski definition) is 1. The van der Waals surface area contributed by atoms with Crippen molar-refractivity contribution in [2.75, 3.05) is 18.5 Å². The summed E-state index contributed by atoms with van der Waals surface area (Å²) in [6.45, 7) is 7.89. The average molecular weight is 274 g/mol. The van der Waals surface area contributed by atoms with Crippen LogP contribution < -0.4 is 5.32 Å². The number of fused-ring (bicyclic) bond motifs is 1. The molecule has 1 aliphatic rings. The van der Waals surface area contributed by atoms with Crippen LogP contribution in [0.15, 0.2) is 6.07 Å². The zero-order valence-electron chi connectivity index (χ0n) is 12.4. The summed E-state index contributed by atoms with van der Waals surface area (Å²) in [7, 11) is 0. The second kappa shape index (κ2) is 5.40. The lowest BCUT2D eigenvalue weighted by molar-refractivity contribution is 0.0874. The van der Waals surface area contributed by atoms with Crippen molar-refractivity contribution in [3.63, 3.8) is 0 Å². The molecule has 1 N–H and O–H groups in total. The average Bonchev–Trinajstić information content (AvgIpc) is 2.76. The van der Waals surface area contributed by atoms with Crippen molar-refractivity contribution in [3.05, 3.63) is 23.0 Å². The first-order chi connectivity index (χ1) is 9.69. The number of aryl methyl sites for hydroxylation is 3. The van der Waals surface area contributed by atoms with E-state index in [1.165, 1.54) is 0 Å². The van der Waals surface area contributed by atoms with Gasteiger partial charge in [-0.05, 0) is 33.1 Å². The van der Waals surface area contributed by atoms with Gasteiger partial charge in [-0.3, -0.25) is 0 Å². The van der Waals surface area contributed by atoms with Gasteiger partial charge in [0.1, 0.15) is 5.82 Å². The van der Waals surface area contributed by atoms with Crippen LogP contribution in [0.5, 0.6) is 0 Å². The van der Waals surface area contributed by atoms with Crippen LogP contribution in [0.3, 0.4) is 0 Å². The lowest BCUT2D eigenvalue weighted by atomic mass is 10.1. The Hall–Kier alpha value is -1.62. The first kappa shape index (κ1) is 13.4. The van der Waals surface area contributed by atoms with Crippen LogP contribution >= 0.6 is 0 Å². The molecule has 0 saturated carbocycles. The van der Waals surface area contributed by atoms with Crippen molar-refractivity contribution >= 4 is 11.5 Å². The van der Waals surface area contributed by atoms with E-state index in [9.17, 15) is 0 Å². The Labute approximate surface area is 119 Å². The van der Waals surface area contributed by atoms with E-state index in [-0.39, 0.29) is 0 Å². The molecule has 1 fully saturated rings. The predicted octanol–water partition coefficient (Wildman–Crippen LogP) is 2.50. The van der Waals surface area contributed by atoms with Crippen molar-refractivity contribution in [3.8, 4) is 0 Å². The normalized spacial score (nSPS) is 19.4. The Balaban J connectivity index is 2.01. The van der Waals surface area contributed by atoms with Gasteiger partial charge in [-0.1, -0.05) is 6.92 Å². The highest BCUT2D eigenvalue weighted by molar-refractivity contribution is 5.56. The zero-order chi connectivity index (χ0) is 14.1. The number of aromatic nitrogens is 3. The lowest BCUT2D eigenvalue weighted by Crippen LogP contribution is -2.31. The molecule has 0 aromatic carbocycles. The lowest BCUT2D eigenvalue weighted by Gasteiger charge is -2.24. The van der Waals surface area contributed by atoms with Gasteiger partial charge in [-0.25, -0.2) is 4.98 Å². The highest BCUT2D eigenvalue weighted by Gasteiger charge is 2.17. The van der Waals surface area contributed by atoms with Crippen molar-refractivity contribution in [1.29, 1.82) is 0 Å². The molecule has 1 atom stereocenters. The van der Waals surface area contributed by atoms with Crippen LogP contribution in [-0.2, 0) is 11.2 Å². The molecule has 2 aromatic heterocycles. The topological polar surface area (TPSA) is 51.5 Å². The van der Waals surface area contributed by atoms with Gasteiger partial charge in [0.2, 0.25) is 0 Å². The maximum atomic E-state index is 5.54. The molecule has 3 heterocycles. The monoisotopic (exact) mass is 274 g/mol. The molecule has 0 aliphatic carbocycles. The van der Waals surface area contributed by atoms with E-state index in [1.54, 1.807) is 0 Å². The van der Waals surface area contributed by atoms with Gasteiger partial charge in [0.25, 0.3) is 0 Å². The number of ether oxygens (including phenoxy) is 1. The van der Waals surface area contributed by atoms with Crippen LogP contribution in [0.25, 0.3) is 5.65 Å². The third-order valence-electron chi connectivity index (χ3n) is 3.98. The molecular weight excluding hydrogens is 252 g/mol. The minimum atomic E-state index is 0.365. The molecular formula is C15H22N4O. The van der Waals surface area contributed by atoms with Gasteiger partial charge in [-0.2, -0.15) is 9.61 Å². The number of hydrogen-bond acceptors (Lipinski definition) is 4. The summed E-state index contributed by atoms with van der Waals surface area (Å²) in [6, 6.07) is 2.47. The fraction of sp³-hybridized carbons (Fsp3) is 0.600. The summed E-state index contributed by atoms with van der Waals surface area (Å²) >= 11 is 0. The summed E-state index contributed by atoms with van der Waals surface area (Å²) in [5, 5.41) is 8.18. The fourth-order valence-corrected chi connectivity index (χ4v) is 2.63. The molecule has 0 amide bonds. The second-order valence-corrected chi connectivity index (χ2v) is 5.49. The number of rotatable bonds is 3. The van der Waals surface area contributed by atoms with Crippen LogP contribution in [0.4, 0.5) is 5.82 Å². The van der Waals surface area contributed by atoms with E-state index in [4.69, 9.17) is 9.72 Å². The Bertz CT molecular complexity index is 614. The maximum Gasteiger partial charge on any atom is 0.160 e. The van der Waals surface area contributed by atoms with Gasteiger partial charge in [-0.15, -0.1) is 0 Å². The maximum absolute atomic E-state index is 5.54. The first-order valence-electron chi connectivity index (χ1n) is 7.39. The Morgan fingerprint density at radius 2 is 2.30 bits per heavy atom. The van der Waals surface area contributed by atoms with Crippen molar-refractivity contribution in [2.45, 2.75) is 46.1 Å². The Kier molecular flexibility index (Phi) is 3.61. The van der Waals surface area contributed by atoms with E-state index in [1.807, 2.05) is 11.4 Å². The Morgan fingerprint density at radius 1 is 1.45 bits per heavy atom. The molecule has 1 unspecified atom stereocenters. The minimum Gasteiger partial charge on any atom is -0.379 e. The first-order valence-corrected chi connectivity index (χ1v) is 7.39. The SMILES string of the molecule is CCc1cc(NC2CCCOC2)n2nc(C)c(C)c2n1. The number of nitrogens with zero attached hydrogens (tertiary/aromatic N) is 3. The molecule has 5 heteroatoms. The van der Waals surface area contributed by atoms with Gasteiger partial charge in [0.15, 0.2) is 5.65 Å². The smallest absolute Gasteiger partial charge is 0.160 e. The summed E-state index contributed by atoms with van der Waals surface area (Å²) in [4.78, 5) is 4.70. The standard InChI is InChI=1S/C15H22N4O/c1-4-12-8-14(16-13-6-5-7-20-9-13)19-15(17-12)10(2)11(3)18-19/h8,13,16H,4-7,9H2,1-3H3. The molecule has 2 aromatic rings. The van der Waals surface area contributed by atoms with Crippen molar-refractivity contribution in [1.82, 2.24) is 14.6 Å². The van der Waals surface area contributed by atoms with E-state index >= 15 is 0 Å². The molecule has 0 bridgehead atoms. The second-order valence-electron chi connectivity index (χ2n) is 5.49. The summed E-state index contributed by atoms with van der Waals surface area (Å²) < 4.78 is 7.47. The van der Waals surface area contributed by atoms with Crippen LogP contribution in [0.2, 0.25) is 0 Å².